The minimum absolute atomic E-state index is 0.893. The molecule has 0 radical (unpaired) electrons. The Morgan fingerprint density at radius 1 is 1.39 bits per heavy atom. The highest BCUT2D eigenvalue weighted by Crippen LogP contribution is 2.26. The van der Waals surface area contributed by atoms with Gasteiger partial charge in [0, 0.05) is 19.3 Å². The molecule has 0 aliphatic heterocycles. The molecule has 2 rings (SSSR count). The van der Waals surface area contributed by atoms with Gasteiger partial charge in [-0.1, -0.05) is 20.3 Å². The molecule has 0 atom stereocenters. The SMILES string of the molecule is CCN(CC)CCn1cc(NCC2CCC2)cn1. The maximum atomic E-state index is 4.41. The van der Waals surface area contributed by atoms with E-state index in [4.69, 9.17) is 0 Å². The molecule has 0 spiro atoms. The van der Waals surface area contributed by atoms with Gasteiger partial charge in [0.05, 0.1) is 18.4 Å². The predicted molar refractivity (Wildman–Crippen MR) is 75.8 cm³/mol. The first-order valence-corrected chi connectivity index (χ1v) is 7.30. The Bertz CT molecular complexity index is 339. The molecule has 1 aliphatic carbocycles. The first kappa shape index (κ1) is 13.4. The van der Waals surface area contributed by atoms with Gasteiger partial charge >= 0.3 is 0 Å². The molecule has 1 N–H and O–H groups in total. The van der Waals surface area contributed by atoms with E-state index in [1.54, 1.807) is 0 Å². The molecular weight excluding hydrogens is 224 g/mol. The predicted octanol–water partition coefficient (Wildman–Crippen LogP) is 2.44. The maximum Gasteiger partial charge on any atom is 0.0726 e. The first-order valence-electron chi connectivity index (χ1n) is 7.30. The van der Waals surface area contributed by atoms with E-state index in [9.17, 15) is 0 Å². The lowest BCUT2D eigenvalue weighted by Gasteiger charge is -2.25. The van der Waals surface area contributed by atoms with Crippen molar-refractivity contribution in [2.24, 2.45) is 5.92 Å². The summed E-state index contributed by atoms with van der Waals surface area (Å²) in [7, 11) is 0. The summed E-state index contributed by atoms with van der Waals surface area (Å²) in [5.41, 5.74) is 1.17. The molecule has 18 heavy (non-hydrogen) atoms. The quantitative estimate of drug-likeness (QED) is 0.769. The van der Waals surface area contributed by atoms with Gasteiger partial charge in [0.25, 0.3) is 0 Å². The molecule has 1 aromatic heterocycles. The van der Waals surface area contributed by atoms with Gasteiger partial charge in [-0.05, 0) is 31.8 Å². The number of hydrogen-bond donors (Lipinski definition) is 1. The van der Waals surface area contributed by atoms with Gasteiger partial charge in [0.1, 0.15) is 0 Å². The summed E-state index contributed by atoms with van der Waals surface area (Å²) in [4.78, 5) is 2.42. The van der Waals surface area contributed by atoms with E-state index in [2.05, 4.69) is 35.4 Å². The Hall–Kier alpha value is -1.03. The third-order valence-corrected chi connectivity index (χ3v) is 3.99. The van der Waals surface area contributed by atoms with E-state index in [-0.39, 0.29) is 0 Å². The van der Waals surface area contributed by atoms with E-state index in [0.717, 1.165) is 38.6 Å². The second kappa shape index (κ2) is 6.78. The standard InChI is InChI=1S/C14H26N4/c1-3-17(4-2)8-9-18-12-14(11-16-18)15-10-13-6-5-7-13/h11-13,15H,3-10H2,1-2H3. The van der Waals surface area contributed by atoms with Crippen LogP contribution in [0.25, 0.3) is 0 Å². The molecule has 0 unspecified atom stereocenters. The van der Waals surface area contributed by atoms with Crippen molar-refractivity contribution >= 4 is 5.69 Å². The van der Waals surface area contributed by atoms with Crippen molar-refractivity contribution in [3.05, 3.63) is 12.4 Å². The Morgan fingerprint density at radius 3 is 2.78 bits per heavy atom. The van der Waals surface area contributed by atoms with E-state index in [1.165, 1.54) is 24.9 Å². The summed E-state index contributed by atoms with van der Waals surface area (Å²) >= 11 is 0. The monoisotopic (exact) mass is 250 g/mol. The van der Waals surface area contributed by atoms with Crippen molar-refractivity contribution < 1.29 is 0 Å². The fourth-order valence-corrected chi connectivity index (χ4v) is 2.32. The fourth-order valence-electron chi connectivity index (χ4n) is 2.32. The van der Waals surface area contributed by atoms with Crippen LogP contribution >= 0.6 is 0 Å². The average Bonchev–Trinajstić information content (AvgIpc) is 2.76. The lowest BCUT2D eigenvalue weighted by molar-refractivity contribution is 0.285. The van der Waals surface area contributed by atoms with Gasteiger partial charge < -0.3 is 10.2 Å². The molecule has 1 fully saturated rings. The zero-order valence-electron chi connectivity index (χ0n) is 11.7. The van der Waals surface area contributed by atoms with Crippen LogP contribution in [0.2, 0.25) is 0 Å². The van der Waals surface area contributed by atoms with E-state index in [0.29, 0.717) is 0 Å². The van der Waals surface area contributed by atoms with E-state index >= 15 is 0 Å². The molecule has 0 amide bonds. The lowest BCUT2D eigenvalue weighted by atomic mass is 9.85. The molecular formula is C14H26N4. The summed E-state index contributed by atoms with van der Waals surface area (Å²) in [5.74, 6) is 0.893. The molecule has 0 bridgehead atoms. The highest BCUT2D eigenvalue weighted by atomic mass is 15.3. The average molecular weight is 250 g/mol. The Morgan fingerprint density at radius 2 is 2.17 bits per heavy atom. The van der Waals surface area contributed by atoms with Gasteiger partial charge in [-0.25, -0.2) is 0 Å². The number of aromatic nitrogens is 2. The summed E-state index contributed by atoms with van der Waals surface area (Å²) in [6.45, 7) is 9.82. The van der Waals surface area contributed by atoms with Crippen LogP contribution in [0.4, 0.5) is 5.69 Å². The van der Waals surface area contributed by atoms with Crippen LogP contribution in [-0.2, 0) is 6.54 Å². The third kappa shape index (κ3) is 3.73. The molecule has 1 aliphatic rings. The summed E-state index contributed by atoms with van der Waals surface area (Å²) < 4.78 is 2.04. The second-order valence-corrected chi connectivity index (χ2v) is 5.20. The smallest absolute Gasteiger partial charge is 0.0726 e. The number of rotatable bonds is 8. The number of nitrogens with one attached hydrogen (secondary N) is 1. The van der Waals surface area contributed by atoms with Gasteiger partial charge in [-0.3, -0.25) is 4.68 Å². The molecule has 4 heteroatoms. The van der Waals surface area contributed by atoms with Crippen LogP contribution in [0.1, 0.15) is 33.1 Å². The Labute approximate surface area is 110 Å². The maximum absolute atomic E-state index is 4.41. The van der Waals surface area contributed by atoms with Crippen LogP contribution in [-0.4, -0.2) is 40.9 Å². The number of nitrogens with zero attached hydrogens (tertiary/aromatic N) is 3. The van der Waals surface area contributed by atoms with E-state index < -0.39 is 0 Å². The van der Waals surface area contributed by atoms with Gasteiger partial charge in [-0.2, -0.15) is 5.10 Å². The summed E-state index contributed by atoms with van der Waals surface area (Å²) in [5, 5.41) is 7.89. The van der Waals surface area contributed by atoms with Crippen molar-refractivity contribution in [3.63, 3.8) is 0 Å². The molecule has 0 aromatic carbocycles. The van der Waals surface area contributed by atoms with Crippen molar-refractivity contribution in [1.29, 1.82) is 0 Å². The number of hydrogen-bond acceptors (Lipinski definition) is 3. The van der Waals surface area contributed by atoms with Crippen molar-refractivity contribution in [3.8, 4) is 0 Å². The van der Waals surface area contributed by atoms with Crippen LogP contribution in [0, 0.1) is 5.92 Å². The highest BCUT2D eigenvalue weighted by molar-refractivity contribution is 5.38. The molecule has 0 saturated heterocycles. The summed E-state index contributed by atoms with van der Waals surface area (Å²) in [6, 6.07) is 0. The molecule has 102 valence electrons. The minimum atomic E-state index is 0.893. The Balaban J connectivity index is 1.71. The lowest BCUT2D eigenvalue weighted by Crippen LogP contribution is -2.27. The molecule has 1 aromatic rings. The fraction of sp³-hybridized carbons (Fsp3) is 0.786. The molecule has 1 heterocycles. The highest BCUT2D eigenvalue weighted by Gasteiger charge is 2.16. The van der Waals surface area contributed by atoms with Crippen LogP contribution in [0.15, 0.2) is 12.4 Å². The largest absolute Gasteiger partial charge is 0.382 e. The van der Waals surface area contributed by atoms with Crippen molar-refractivity contribution in [2.45, 2.75) is 39.7 Å². The van der Waals surface area contributed by atoms with Gasteiger partial charge in [0.15, 0.2) is 0 Å². The zero-order chi connectivity index (χ0) is 12.8. The van der Waals surface area contributed by atoms with Crippen LogP contribution < -0.4 is 5.32 Å². The summed E-state index contributed by atoms with van der Waals surface area (Å²) in [6.07, 6.45) is 8.27. The molecule has 4 nitrogen and oxygen atoms in total. The number of anilines is 1. The minimum Gasteiger partial charge on any atom is -0.382 e. The van der Waals surface area contributed by atoms with Gasteiger partial charge in [-0.15, -0.1) is 0 Å². The van der Waals surface area contributed by atoms with Crippen molar-refractivity contribution in [2.75, 3.05) is 31.5 Å². The number of likely N-dealkylation sites (N-methyl/N-ethyl adjacent to an activating group) is 1. The molecule has 1 saturated carbocycles. The van der Waals surface area contributed by atoms with Gasteiger partial charge in [0.2, 0.25) is 0 Å². The normalized spacial score (nSPS) is 15.9. The van der Waals surface area contributed by atoms with Crippen LogP contribution in [0.3, 0.4) is 0 Å². The topological polar surface area (TPSA) is 33.1 Å². The third-order valence-electron chi connectivity index (χ3n) is 3.99. The zero-order valence-corrected chi connectivity index (χ0v) is 11.7. The first-order chi connectivity index (χ1) is 8.81. The second-order valence-electron chi connectivity index (χ2n) is 5.20. The Kier molecular flexibility index (Phi) is 5.05. The van der Waals surface area contributed by atoms with E-state index in [1.807, 2.05) is 10.9 Å². The van der Waals surface area contributed by atoms with Crippen molar-refractivity contribution in [1.82, 2.24) is 14.7 Å². The van der Waals surface area contributed by atoms with Crippen LogP contribution in [0.5, 0.6) is 0 Å².